The molecule has 0 spiro atoms. The van der Waals surface area contributed by atoms with Gasteiger partial charge in [0, 0.05) is 51.4 Å². The quantitative estimate of drug-likeness (QED) is 0.369. The second-order valence-corrected chi connectivity index (χ2v) is 10.8. The van der Waals surface area contributed by atoms with E-state index in [9.17, 15) is 26.4 Å². The van der Waals surface area contributed by atoms with Crippen LogP contribution < -0.4 is 14.0 Å². The van der Waals surface area contributed by atoms with Gasteiger partial charge in [0.2, 0.25) is 5.91 Å². The van der Waals surface area contributed by atoms with Gasteiger partial charge in [-0.1, -0.05) is 37.5 Å². The highest BCUT2D eigenvalue weighted by Gasteiger charge is 2.49. The number of aromatic nitrogens is 1. The molecule has 12 heteroatoms. The highest BCUT2D eigenvalue weighted by molar-refractivity contribution is 7.88. The van der Waals surface area contributed by atoms with Gasteiger partial charge in [-0.15, -0.1) is 0 Å². The normalized spacial score (nSPS) is 18.0. The molecule has 1 aromatic heterocycles. The molecule has 8 nitrogen and oxygen atoms in total. The summed E-state index contributed by atoms with van der Waals surface area (Å²) < 4.78 is 66.0. The molecule has 0 unspecified atom stereocenters. The Morgan fingerprint density at radius 3 is 2.32 bits per heavy atom. The van der Waals surface area contributed by atoms with Gasteiger partial charge in [-0.2, -0.15) is 21.6 Å². The first kappa shape index (κ1) is 27.2. The van der Waals surface area contributed by atoms with Crippen molar-refractivity contribution < 1.29 is 30.6 Å². The van der Waals surface area contributed by atoms with Gasteiger partial charge in [-0.25, -0.2) is 4.98 Å². The van der Waals surface area contributed by atoms with Crippen molar-refractivity contribution in [2.75, 3.05) is 49.1 Å². The number of pyridine rings is 1. The average molecular weight is 541 g/mol. The molecule has 0 N–H and O–H groups in total. The summed E-state index contributed by atoms with van der Waals surface area (Å²) in [5.74, 6) is 0.396. The van der Waals surface area contributed by atoms with E-state index in [2.05, 4.69) is 14.1 Å². The second kappa shape index (κ2) is 11.7. The zero-order valence-electron chi connectivity index (χ0n) is 20.4. The van der Waals surface area contributed by atoms with Crippen LogP contribution in [0, 0.1) is 5.92 Å². The zero-order chi connectivity index (χ0) is 26.5. The van der Waals surface area contributed by atoms with Crippen LogP contribution >= 0.6 is 0 Å². The lowest BCUT2D eigenvalue weighted by molar-refractivity contribution is -0.123. The molecule has 37 heavy (non-hydrogen) atoms. The van der Waals surface area contributed by atoms with Crippen LogP contribution in [0.2, 0.25) is 0 Å². The van der Waals surface area contributed by atoms with Gasteiger partial charge >= 0.3 is 15.6 Å². The van der Waals surface area contributed by atoms with Crippen LogP contribution in [0.4, 0.5) is 24.7 Å². The van der Waals surface area contributed by atoms with E-state index in [4.69, 9.17) is 0 Å². The van der Waals surface area contributed by atoms with E-state index >= 15 is 0 Å². The number of carbonyl (C=O) groups is 1. The number of carbonyl (C=O) groups excluding carboxylic acids is 1. The summed E-state index contributed by atoms with van der Waals surface area (Å²) in [5, 5.41) is 0. The standard InChI is InChI=1S/C25H31F3N4O4S/c26-25(27,28)37(34,35)36-22-11-5-4-10-21(22)31-17-14-30(15-18-31)16-19-32(23-12-6-7-13-29-23)24(33)20-8-2-1-3-9-20/h4-7,10-13,20H,1-3,8-9,14-19H2. The minimum Gasteiger partial charge on any atom is -0.374 e. The largest absolute Gasteiger partial charge is 0.534 e. The van der Waals surface area contributed by atoms with Crippen LogP contribution in [0.3, 0.4) is 0 Å². The third kappa shape index (κ3) is 6.72. The minimum absolute atomic E-state index is 0.0112. The first-order valence-electron chi connectivity index (χ1n) is 12.5. The van der Waals surface area contributed by atoms with Crippen molar-refractivity contribution in [2.45, 2.75) is 37.6 Å². The lowest BCUT2D eigenvalue weighted by Gasteiger charge is -2.37. The SMILES string of the molecule is O=C(C1CCCCC1)N(CCN1CCN(c2ccccc2OS(=O)(=O)C(F)(F)F)CC1)c1ccccn1. The maximum absolute atomic E-state index is 13.3. The van der Waals surface area contributed by atoms with Crippen LogP contribution in [-0.2, 0) is 14.9 Å². The monoisotopic (exact) mass is 540 g/mol. The van der Waals surface area contributed by atoms with Crippen molar-refractivity contribution in [3.05, 3.63) is 48.7 Å². The number of nitrogens with zero attached hydrogens (tertiary/aromatic N) is 4. The molecule has 1 amide bonds. The molecule has 2 aromatic rings. The predicted molar refractivity (Wildman–Crippen MR) is 134 cm³/mol. The van der Waals surface area contributed by atoms with Crippen molar-refractivity contribution in [3.63, 3.8) is 0 Å². The molecule has 1 aliphatic carbocycles. The molecule has 1 aromatic carbocycles. The van der Waals surface area contributed by atoms with E-state index in [-0.39, 0.29) is 23.3 Å². The van der Waals surface area contributed by atoms with Crippen LogP contribution in [0.1, 0.15) is 32.1 Å². The first-order chi connectivity index (χ1) is 17.7. The lowest BCUT2D eigenvalue weighted by Crippen LogP contribution is -2.50. The lowest BCUT2D eigenvalue weighted by atomic mass is 9.88. The van der Waals surface area contributed by atoms with Crippen molar-refractivity contribution >= 4 is 27.5 Å². The number of halogens is 3. The summed E-state index contributed by atoms with van der Waals surface area (Å²) in [7, 11) is -5.77. The molecule has 4 rings (SSSR count). The number of amides is 1. The number of benzene rings is 1. The maximum Gasteiger partial charge on any atom is 0.534 e. The third-order valence-corrected chi connectivity index (χ3v) is 7.81. The van der Waals surface area contributed by atoms with Gasteiger partial charge in [0.15, 0.2) is 5.75 Å². The van der Waals surface area contributed by atoms with E-state index < -0.39 is 15.6 Å². The molecule has 1 saturated carbocycles. The molecule has 0 radical (unpaired) electrons. The van der Waals surface area contributed by atoms with Crippen molar-refractivity contribution in [2.24, 2.45) is 5.92 Å². The Labute approximate surface area is 215 Å². The van der Waals surface area contributed by atoms with Gasteiger partial charge in [-0.3, -0.25) is 14.6 Å². The van der Waals surface area contributed by atoms with E-state index in [1.807, 2.05) is 18.2 Å². The summed E-state index contributed by atoms with van der Waals surface area (Å²) >= 11 is 0. The fraction of sp³-hybridized carbons (Fsp3) is 0.520. The predicted octanol–water partition coefficient (Wildman–Crippen LogP) is 4.05. The van der Waals surface area contributed by atoms with Gasteiger partial charge in [0.1, 0.15) is 5.82 Å². The molecule has 2 fully saturated rings. The summed E-state index contributed by atoms with van der Waals surface area (Å²) in [5.41, 5.74) is -5.22. The average Bonchev–Trinajstić information content (AvgIpc) is 2.90. The van der Waals surface area contributed by atoms with E-state index in [0.717, 1.165) is 32.1 Å². The number of piperazine rings is 1. The number of alkyl halides is 3. The van der Waals surface area contributed by atoms with Crippen molar-refractivity contribution in [1.82, 2.24) is 9.88 Å². The minimum atomic E-state index is -5.77. The molecule has 1 aliphatic heterocycles. The summed E-state index contributed by atoms with van der Waals surface area (Å²) in [6.45, 7) is 3.21. The molecule has 1 saturated heterocycles. The molecule has 0 bridgehead atoms. The van der Waals surface area contributed by atoms with E-state index in [1.54, 1.807) is 28.1 Å². The number of hydrogen-bond donors (Lipinski definition) is 0. The zero-order valence-corrected chi connectivity index (χ0v) is 21.3. The Hall–Kier alpha value is -2.86. The molecule has 0 atom stereocenters. The second-order valence-electron chi connectivity index (χ2n) is 9.29. The summed E-state index contributed by atoms with van der Waals surface area (Å²) in [6, 6.07) is 11.3. The Morgan fingerprint density at radius 2 is 1.68 bits per heavy atom. The van der Waals surface area contributed by atoms with Gasteiger partial charge in [-0.05, 0) is 37.1 Å². The highest BCUT2D eigenvalue weighted by atomic mass is 32.2. The van der Waals surface area contributed by atoms with Crippen molar-refractivity contribution in [1.29, 1.82) is 0 Å². The fourth-order valence-electron chi connectivity index (χ4n) is 4.83. The van der Waals surface area contributed by atoms with Crippen molar-refractivity contribution in [3.8, 4) is 5.75 Å². The summed E-state index contributed by atoms with van der Waals surface area (Å²) in [4.78, 5) is 23.5. The first-order valence-corrected chi connectivity index (χ1v) is 13.9. The van der Waals surface area contributed by atoms with Crippen LogP contribution in [-0.4, -0.2) is 69.0 Å². The number of para-hydroxylation sites is 2. The molecule has 2 aliphatic rings. The highest BCUT2D eigenvalue weighted by Crippen LogP contribution is 2.34. The molecular weight excluding hydrogens is 509 g/mol. The molecular formula is C25H31F3N4O4S. The third-order valence-electron chi connectivity index (χ3n) is 6.85. The maximum atomic E-state index is 13.3. The van der Waals surface area contributed by atoms with E-state index in [1.165, 1.54) is 12.1 Å². The topological polar surface area (TPSA) is 83.1 Å². The number of hydrogen-bond acceptors (Lipinski definition) is 7. The number of anilines is 2. The van der Waals surface area contributed by atoms with Gasteiger partial charge in [0.05, 0.1) is 5.69 Å². The van der Waals surface area contributed by atoms with Crippen LogP contribution in [0.25, 0.3) is 0 Å². The Bertz CT molecular complexity index is 1150. The molecule has 2 heterocycles. The Balaban J connectivity index is 1.38. The summed E-state index contributed by atoms with van der Waals surface area (Å²) in [6.07, 6.45) is 6.74. The molecule has 202 valence electrons. The Morgan fingerprint density at radius 1 is 1.00 bits per heavy atom. The van der Waals surface area contributed by atoms with Gasteiger partial charge in [0.25, 0.3) is 0 Å². The smallest absolute Gasteiger partial charge is 0.374 e. The van der Waals surface area contributed by atoms with E-state index in [0.29, 0.717) is 45.1 Å². The Kier molecular flexibility index (Phi) is 8.58. The van der Waals surface area contributed by atoms with Gasteiger partial charge < -0.3 is 9.08 Å². The van der Waals surface area contributed by atoms with Crippen LogP contribution in [0.5, 0.6) is 5.75 Å². The van der Waals surface area contributed by atoms with Crippen LogP contribution in [0.15, 0.2) is 48.7 Å². The number of rotatable bonds is 8. The fourth-order valence-corrected chi connectivity index (χ4v) is 5.30.